The number of H-pyrrole nitrogens is 1. The summed E-state index contributed by atoms with van der Waals surface area (Å²) in [5.74, 6) is 2.38. The number of imidazole rings is 1. The molecule has 108 valence electrons. The van der Waals surface area contributed by atoms with E-state index in [1.165, 1.54) is 0 Å². The van der Waals surface area contributed by atoms with Crippen molar-refractivity contribution in [1.82, 2.24) is 14.9 Å². The van der Waals surface area contributed by atoms with Crippen molar-refractivity contribution in [2.45, 2.75) is 13.0 Å². The van der Waals surface area contributed by atoms with Gasteiger partial charge in [0, 0.05) is 18.7 Å². The minimum atomic E-state index is 0.105. The predicted octanol–water partition coefficient (Wildman–Crippen LogP) is 1.32. The lowest BCUT2D eigenvalue weighted by Gasteiger charge is -2.21. The molecule has 2 N–H and O–H groups in total. The van der Waals surface area contributed by atoms with E-state index in [1.807, 2.05) is 24.1 Å². The van der Waals surface area contributed by atoms with E-state index < -0.39 is 0 Å². The minimum Gasteiger partial charge on any atom is -0.486 e. The van der Waals surface area contributed by atoms with Crippen LogP contribution in [-0.4, -0.2) is 53.4 Å². The fourth-order valence-corrected chi connectivity index (χ4v) is 2.32. The molecular weight excluding hydrogens is 258 g/mol. The third-order valence-electron chi connectivity index (χ3n) is 3.67. The number of nitrogens with zero attached hydrogens (tertiary/aromatic N) is 2. The first-order valence-electron chi connectivity index (χ1n) is 6.79. The van der Waals surface area contributed by atoms with E-state index in [0.29, 0.717) is 19.8 Å². The number of hydrogen-bond donors (Lipinski definition) is 2. The Morgan fingerprint density at radius 2 is 2.05 bits per heavy atom. The van der Waals surface area contributed by atoms with E-state index in [4.69, 9.17) is 14.6 Å². The SMILES string of the molecule is CC(c1nc2cc3c(cc2[nH]1)OCCO3)N(C)CCO. The van der Waals surface area contributed by atoms with Crippen LogP contribution in [0.5, 0.6) is 11.5 Å². The Hall–Kier alpha value is -1.79. The summed E-state index contributed by atoms with van der Waals surface area (Å²) in [5, 5.41) is 9.01. The third-order valence-corrected chi connectivity index (χ3v) is 3.67. The zero-order valence-corrected chi connectivity index (χ0v) is 11.7. The van der Waals surface area contributed by atoms with Crippen molar-refractivity contribution in [1.29, 1.82) is 0 Å². The molecule has 2 heterocycles. The van der Waals surface area contributed by atoms with Gasteiger partial charge in [0.15, 0.2) is 11.5 Å². The lowest BCUT2D eigenvalue weighted by Crippen LogP contribution is -2.26. The van der Waals surface area contributed by atoms with Crippen molar-refractivity contribution in [3.63, 3.8) is 0 Å². The second-order valence-electron chi connectivity index (χ2n) is 5.02. The highest BCUT2D eigenvalue weighted by Crippen LogP contribution is 2.34. The second-order valence-corrected chi connectivity index (χ2v) is 5.02. The van der Waals surface area contributed by atoms with Crippen molar-refractivity contribution in [3.8, 4) is 11.5 Å². The van der Waals surface area contributed by atoms with Gasteiger partial charge in [0.1, 0.15) is 19.0 Å². The van der Waals surface area contributed by atoms with E-state index in [0.717, 1.165) is 28.4 Å². The predicted molar refractivity (Wildman–Crippen MR) is 75.2 cm³/mol. The number of rotatable bonds is 4. The van der Waals surface area contributed by atoms with Crippen LogP contribution in [0.25, 0.3) is 11.0 Å². The van der Waals surface area contributed by atoms with Crippen LogP contribution in [0.15, 0.2) is 12.1 Å². The average Bonchev–Trinajstić information content (AvgIpc) is 2.86. The molecule has 0 aliphatic carbocycles. The quantitative estimate of drug-likeness (QED) is 0.882. The van der Waals surface area contributed by atoms with Crippen LogP contribution >= 0.6 is 0 Å². The van der Waals surface area contributed by atoms with E-state index in [1.54, 1.807) is 0 Å². The fourth-order valence-electron chi connectivity index (χ4n) is 2.32. The molecule has 20 heavy (non-hydrogen) atoms. The summed E-state index contributed by atoms with van der Waals surface area (Å²) in [6, 6.07) is 3.94. The second kappa shape index (κ2) is 5.30. The number of aliphatic hydroxyl groups excluding tert-OH is 1. The summed E-state index contributed by atoms with van der Waals surface area (Å²) in [6.07, 6.45) is 0. The molecule has 1 aromatic carbocycles. The maximum absolute atomic E-state index is 9.01. The Morgan fingerprint density at radius 3 is 2.75 bits per heavy atom. The van der Waals surface area contributed by atoms with Gasteiger partial charge in [0.05, 0.1) is 23.7 Å². The topological polar surface area (TPSA) is 70.6 Å². The van der Waals surface area contributed by atoms with E-state index in [9.17, 15) is 0 Å². The number of ether oxygens (including phenoxy) is 2. The van der Waals surface area contributed by atoms with Crippen molar-refractivity contribution in [2.75, 3.05) is 33.4 Å². The largest absolute Gasteiger partial charge is 0.486 e. The minimum absolute atomic E-state index is 0.105. The molecule has 1 aliphatic rings. The van der Waals surface area contributed by atoms with Crippen LogP contribution in [0, 0.1) is 0 Å². The molecule has 0 fully saturated rings. The van der Waals surface area contributed by atoms with Crippen molar-refractivity contribution in [3.05, 3.63) is 18.0 Å². The highest BCUT2D eigenvalue weighted by molar-refractivity contribution is 5.80. The summed E-state index contributed by atoms with van der Waals surface area (Å²) in [5.41, 5.74) is 1.81. The standard InChI is InChI=1S/C14H19N3O3/c1-9(17(2)3-4-18)14-15-10-7-12-13(8-11(10)16-14)20-6-5-19-12/h7-9,18H,3-6H2,1-2H3,(H,15,16). The monoisotopic (exact) mass is 277 g/mol. The summed E-state index contributed by atoms with van der Waals surface area (Å²) < 4.78 is 11.1. The van der Waals surface area contributed by atoms with Crippen LogP contribution in [-0.2, 0) is 0 Å². The van der Waals surface area contributed by atoms with Gasteiger partial charge in [-0.2, -0.15) is 0 Å². The molecule has 3 rings (SSSR count). The maximum Gasteiger partial charge on any atom is 0.163 e. The number of hydrogen-bond acceptors (Lipinski definition) is 5. The van der Waals surface area contributed by atoms with Crippen LogP contribution in [0.3, 0.4) is 0 Å². The number of likely N-dealkylation sites (N-methyl/N-ethyl adjacent to an activating group) is 1. The molecule has 6 nitrogen and oxygen atoms in total. The van der Waals surface area contributed by atoms with Crippen molar-refractivity contribution < 1.29 is 14.6 Å². The first-order valence-corrected chi connectivity index (χ1v) is 6.79. The number of aromatic nitrogens is 2. The van der Waals surface area contributed by atoms with Gasteiger partial charge in [-0.05, 0) is 14.0 Å². The van der Waals surface area contributed by atoms with E-state index >= 15 is 0 Å². The molecule has 6 heteroatoms. The van der Waals surface area contributed by atoms with Crippen molar-refractivity contribution in [2.24, 2.45) is 0 Å². The van der Waals surface area contributed by atoms with Gasteiger partial charge >= 0.3 is 0 Å². The third kappa shape index (κ3) is 2.32. The molecule has 1 unspecified atom stereocenters. The fraction of sp³-hybridized carbons (Fsp3) is 0.500. The van der Waals surface area contributed by atoms with Gasteiger partial charge < -0.3 is 19.6 Å². The average molecular weight is 277 g/mol. The van der Waals surface area contributed by atoms with Crippen LogP contribution in [0.2, 0.25) is 0 Å². The van der Waals surface area contributed by atoms with Crippen molar-refractivity contribution >= 4 is 11.0 Å². The van der Waals surface area contributed by atoms with Gasteiger partial charge in [0.25, 0.3) is 0 Å². The van der Waals surface area contributed by atoms with Crippen LogP contribution < -0.4 is 9.47 Å². The number of fused-ring (bicyclic) bond motifs is 2. The Bertz CT molecular complexity index is 568. The molecule has 1 aliphatic heterocycles. The number of nitrogens with one attached hydrogen (secondary N) is 1. The first kappa shape index (κ1) is 13.2. The molecular formula is C14H19N3O3. The molecule has 1 atom stereocenters. The van der Waals surface area contributed by atoms with E-state index in [-0.39, 0.29) is 12.6 Å². The van der Waals surface area contributed by atoms with E-state index in [2.05, 4.69) is 16.9 Å². The molecule has 0 amide bonds. The molecule has 0 radical (unpaired) electrons. The van der Waals surface area contributed by atoms with Gasteiger partial charge in [-0.15, -0.1) is 0 Å². The van der Waals surface area contributed by atoms with Gasteiger partial charge in [-0.1, -0.05) is 0 Å². The number of benzene rings is 1. The molecule has 0 saturated heterocycles. The number of aromatic amines is 1. The highest BCUT2D eigenvalue weighted by Gasteiger charge is 2.18. The zero-order chi connectivity index (χ0) is 14.1. The molecule has 0 saturated carbocycles. The highest BCUT2D eigenvalue weighted by atomic mass is 16.6. The summed E-state index contributed by atoms with van der Waals surface area (Å²) in [7, 11) is 1.96. The smallest absolute Gasteiger partial charge is 0.163 e. The molecule has 0 bridgehead atoms. The Balaban J connectivity index is 1.94. The lowest BCUT2D eigenvalue weighted by molar-refractivity contribution is 0.172. The Labute approximate surface area is 117 Å². The van der Waals surface area contributed by atoms with Gasteiger partial charge in [-0.25, -0.2) is 4.98 Å². The van der Waals surface area contributed by atoms with Crippen LogP contribution in [0.1, 0.15) is 18.8 Å². The molecule has 0 spiro atoms. The summed E-state index contributed by atoms with van der Waals surface area (Å²) in [6.45, 7) is 3.96. The summed E-state index contributed by atoms with van der Waals surface area (Å²) >= 11 is 0. The Morgan fingerprint density at radius 1 is 1.35 bits per heavy atom. The maximum atomic E-state index is 9.01. The van der Waals surface area contributed by atoms with Gasteiger partial charge in [0.2, 0.25) is 0 Å². The first-order chi connectivity index (χ1) is 9.69. The van der Waals surface area contributed by atoms with Crippen LogP contribution in [0.4, 0.5) is 0 Å². The Kier molecular flexibility index (Phi) is 3.50. The lowest BCUT2D eigenvalue weighted by atomic mass is 10.2. The number of aliphatic hydroxyl groups is 1. The normalized spacial score (nSPS) is 15.8. The zero-order valence-electron chi connectivity index (χ0n) is 11.7. The summed E-state index contributed by atoms with van der Waals surface area (Å²) in [4.78, 5) is 9.97. The molecule has 2 aromatic rings. The molecule has 1 aromatic heterocycles. The van der Waals surface area contributed by atoms with Gasteiger partial charge in [-0.3, -0.25) is 4.90 Å².